The number of aromatic nitrogens is 2. The molecule has 0 aromatic carbocycles. The van der Waals surface area contributed by atoms with Crippen molar-refractivity contribution in [3.8, 4) is 0 Å². The molecular weight excluding hydrogens is 178 g/mol. The Morgan fingerprint density at radius 3 is 2.43 bits per heavy atom. The van der Waals surface area contributed by atoms with Crippen LogP contribution in [0.2, 0.25) is 0 Å². The first-order valence-electron chi connectivity index (χ1n) is 5.05. The van der Waals surface area contributed by atoms with E-state index in [0.717, 1.165) is 25.1 Å². The second-order valence-electron chi connectivity index (χ2n) is 2.85. The Hall–Kier alpha value is -1.16. The van der Waals surface area contributed by atoms with Gasteiger partial charge in [0.05, 0.1) is 13.2 Å². The highest BCUT2D eigenvalue weighted by Gasteiger charge is 2.14. The van der Waals surface area contributed by atoms with Crippen LogP contribution in [-0.4, -0.2) is 23.1 Å². The van der Waals surface area contributed by atoms with E-state index in [-0.39, 0.29) is 0 Å². The van der Waals surface area contributed by atoms with Crippen LogP contribution in [-0.2, 0) is 4.84 Å². The molecule has 78 valence electrons. The van der Waals surface area contributed by atoms with E-state index in [4.69, 9.17) is 4.84 Å². The van der Waals surface area contributed by atoms with Gasteiger partial charge in [0.1, 0.15) is 0 Å². The molecule has 0 spiro atoms. The number of aryl methyl sites for hydroxylation is 1. The van der Waals surface area contributed by atoms with Crippen molar-refractivity contribution in [2.45, 2.75) is 27.2 Å². The van der Waals surface area contributed by atoms with Crippen molar-refractivity contribution in [1.82, 2.24) is 9.97 Å². The lowest BCUT2D eigenvalue weighted by molar-refractivity contribution is 0.164. The number of hydrogen-bond acceptors (Lipinski definition) is 4. The summed E-state index contributed by atoms with van der Waals surface area (Å²) in [6.45, 7) is 7.63. The lowest BCUT2D eigenvalue weighted by Gasteiger charge is -2.12. The summed E-state index contributed by atoms with van der Waals surface area (Å²) < 4.78 is 0. The summed E-state index contributed by atoms with van der Waals surface area (Å²) in [6.07, 6.45) is 4.64. The average Bonchev–Trinajstić information content (AvgIpc) is 2.75. The Labute approximate surface area is 84.9 Å². The highest BCUT2D eigenvalue weighted by Crippen LogP contribution is 2.12. The maximum atomic E-state index is 5.29. The van der Waals surface area contributed by atoms with Crippen LogP contribution >= 0.6 is 0 Å². The van der Waals surface area contributed by atoms with Crippen molar-refractivity contribution >= 4 is 5.95 Å². The van der Waals surface area contributed by atoms with Gasteiger partial charge in [-0.25, -0.2) is 15.0 Å². The van der Waals surface area contributed by atoms with E-state index in [1.54, 1.807) is 17.5 Å². The quantitative estimate of drug-likeness (QED) is 0.686. The van der Waals surface area contributed by atoms with Crippen molar-refractivity contribution < 1.29 is 4.84 Å². The van der Waals surface area contributed by atoms with E-state index in [1.807, 2.05) is 20.8 Å². The van der Waals surface area contributed by atoms with E-state index in [1.165, 1.54) is 0 Å². The standard InChI is InChI=1S/C8H11N3O.C2H6/c1-7-5-9-8(10-6-7)11-3-2-4-12-11;1-2/h5-6H,2-4H2,1H3;1-2H3. The maximum absolute atomic E-state index is 5.29. The molecule has 0 amide bonds. The molecule has 0 unspecified atom stereocenters. The molecule has 0 aliphatic carbocycles. The number of nitrogens with zero attached hydrogens (tertiary/aromatic N) is 3. The summed E-state index contributed by atoms with van der Waals surface area (Å²) in [5, 5.41) is 1.74. The predicted octanol–water partition coefficient (Wildman–Crippen LogP) is 1.95. The van der Waals surface area contributed by atoms with E-state index in [9.17, 15) is 0 Å². The van der Waals surface area contributed by atoms with Crippen LogP contribution in [0.1, 0.15) is 25.8 Å². The SMILES string of the molecule is CC.Cc1cnc(N2CCCO2)nc1. The molecule has 2 heterocycles. The van der Waals surface area contributed by atoms with Gasteiger partial charge in [-0.2, -0.15) is 0 Å². The zero-order chi connectivity index (χ0) is 10.4. The number of hydrogen-bond donors (Lipinski definition) is 0. The first-order valence-corrected chi connectivity index (χ1v) is 5.05. The van der Waals surface area contributed by atoms with Crippen LogP contribution < -0.4 is 5.06 Å². The smallest absolute Gasteiger partial charge is 0.249 e. The van der Waals surface area contributed by atoms with Crippen molar-refractivity contribution in [3.63, 3.8) is 0 Å². The van der Waals surface area contributed by atoms with Gasteiger partial charge < -0.3 is 0 Å². The number of rotatable bonds is 1. The van der Waals surface area contributed by atoms with E-state index >= 15 is 0 Å². The minimum absolute atomic E-state index is 0.665. The lowest BCUT2D eigenvalue weighted by Crippen LogP contribution is -2.18. The van der Waals surface area contributed by atoms with Gasteiger partial charge in [0.25, 0.3) is 0 Å². The highest BCUT2D eigenvalue weighted by molar-refractivity contribution is 5.26. The minimum atomic E-state index is 0.665. The van der Waals surface area contributed by atoms with Crippen molar-refractivity contribution in [2.75, 3.05) is 18.2 Å². The molecule has 14 heavy (non-hydrogen) atoms. The summed E-state index contributed by atoms with van der Waals surface area (Å²) in [5.41, 5.74) is 1.07. The van der Waals surface area contributed by atoms with Crippen LogP contribution in [0.25, 0.3) is 0 Å². The zero-order valence-electron chi connectivity index (χ0n) is 9.03. The Morgan fingerprint density at radius 2 is 1.93 bits per heavy atom. The molecule has 4 heteroatoms. The third-order valence-electron chi connectivity index (χ3n) is 1.74. The van der Waals surface area contributed by atoms with Gasteiger partial charge in [-0.15, -0.1) is 0 Å². The third-order valence-corrected chi connectivity index (χ3v) is 1.74. The van der Waals surface area contributed by atoms with Crippen LogP contribution in [0, 0.1) is 6.92 Å². The summed E-state index contributed by atoms with van der Waals surface area (Å²) in [6, 6.07) is 0. The van der Waals surface area contributed by atoms with Crippen molar-refractivity contribution in [3.05, 3.63) is 18.0 Å². The fourth-order valence-corrected chi connectivity index (χ4v) is 1.12. The Morgan fingerprint density at radius 1 is 1.29 bits per heavy atom. The molecule has 0 atom stereocenters. The predicted molar refractivity (Wildman–Crippen MR) is 56.0 cm³/mol. The summed E-state index contributed by atoms with van der Waals surface area (Å²) in [4.78, 5) is 13.6. The number of hydroxylamine groups is 1. The molecule has 0 radical (unpaired) electrons. The van der Waals surface area contributed by atoms with Crippen LogP contribution in [0.5, 0.6) is 0 Å². The molecule has 1 aliphatic heterocycles. The van der Waals surface area contributed by atoms with Crippen LogP contribution in [0.4, 0.5) is 5.95 Å². The minimum Gasteiger partial charge on any atom is -0.271 e. The Kier molecular flexibility index (Phi) is 4.32. The van der Waals surface area contributed by atoms with Gasteiger partial charge in [-0.3, -0.25) is 4.84 Å². The van der Waals surface area contributed by atoms with Gasteiger partial charge in [0.15, 0.2) is 0 Å². The van der Waals surface area contributed by atoms with Gasteiger partial charge >= 0.3 is 0 Å². The van der Waals surface area contributed by atoms with Crippen LogP contribution in [0.15, 0.2) is 12.4 Å². The van der Waals surface area contributed by atoms with E-state index in [0.29, 0.717) is 5.95 Å². The fourth-order valence-electron chi connectivity index (χ4n) is 1.12. The molecule has 0 N–H and O–H groups in total. The topological polar surface area (TPSA) is 38.2 Å². The van der Waals surface area contributed by atoms with E-state index < -0.39 is 0 Å². The third kappa shape index (κ3) is 2.67. The molecule has 1 aliphatic rings. The summed E-state index contributed by atoms with van der Waals surface area (Å²) >= 11 is 0. The van der Waals surface area contributed by atoms with Crippen molar-refractivity contribution in [1.29, 1.82) is 0 Å². The molecule has 0 saturated carbocycles. The second kappa shape index (κ2) is 5.54. The normalized spacial score (nSPS) is 14.9. The molecular formula is C10H17N3O. The second-order valence-corrected chi connectivity index (χ2v) is 2.85. The lowest BCUT2D eigenvalue weighted by atomic mass is 10.4. The Balaban J connectivity index is 0.000000461. The average molecular weight is 195 g/mol. The molecule has 1 fully saturated rings. The van der Waals surface area contributed by atoms with Gasteiger partial charge in [-0.1, -0.05) is 13.8 Å². The monoisotopic (exact) mass is 195 g/mol. The molecule has 2 rings (SSSR count). The molecule has 1 aromatic rings. The molecule has 4 nitrogen and oxygen atoms in total. The van der Waals surface area contributed by atoms with Gasteiger partial charge in [0.2, 0.25) is 5.95 Å². The van der Waals surface area contributed by atoms with Crippen molar-refractivity contribution in [2.24, 2.45) is 0 Å². The first kappa shape index (κ1) is 10.9. The van der Waals surface area contributed by atoms with Crippen LogP contribution in [0.3, 0.4) is 0 Å². The van der Waals surface area contributed by atoms with Gasteiger partial charge in [0, 0.05) is 12.4 Å². The largest absolute Gasteiger partial charge is 0.271 e. The van der Waals surface area contributed by atoms with Gasteiger partial charge in [-0.05, 0) is 18.9 Å². The molecule has 0 bridgehead atoms. The number of anilines is 1. The first-order chi connectivity index (χ1) is 6.86. The fraction of sp³-hybridized carbons (Fsp3) is 0.600. The maximum Gasteiger partial charge on any atom is 0.249 e. The summed E-state index contributed by atoms with van der Waals surface area (Å²) in [7, 11) is 0. The Bertz CT molecular complexity index is 255. The highest BCUT2D eigenvalue weighted by atomic mass is 16.7. The zero-order valence-corrected chi connectivity index (χ0v) is 9.03. The summed E-state index contributed by atoms with van der Waals surface area (Å²) in [5.74, 6) is 0.665. The molecule has 1 aromatic heterocycles. The molecule has 1 saturated heterocycles. The van der Waals surface area contributed by atoms with E-state index in [2.05, 4.69) is 9.97 Å².